The molecule has 0 nitrogen and oxygen atoms in total. The molecule has 10 heavy (non-hydrogen) atoms. The second kappa shape index (κ2) is 2.61. The molecule has 0 radical (unpaired) electrons. The first-order chi connectivity index (χ1) is 4.66. The summed E-state index contributed by atoms with van der Waals surface area (Å²) in [5.41, 5.74) is 4.55. The van der Waals surface area contributed by atoms with Crippen LogP contribution in [-0.2, 0) is 0 Å². The van der Waals surface area contributed by atoms with E-state index in [0.717, 1.165) is 5.92 Å². The lowest BCUT2D eigenvalue weighted by Gasteiger charge is -2.05. The highest BCUT2D eigenvalue weighted by molar-refractivity contribution is 5.41. The van der Waals surface area contributed by atoms with E-state index >= 15 is 0 Å². The maximum absolute atomic E-state index is 2.38. The minimum absolute atomic E-state index is 0.736. The van der Waals surface area contributed by atoms with Gasteiger partial charge < -0.3 is 0 Å². The molecule has 1 unspecified atom stereocenters. The third-order valence-corrected chi connectivity index (χ3v) is 2.63. The monoisotopic (exact) mass is 136 g/mol. The molecule has 0 aromatic carbocycles. The third-order valence-electron chi connectivity index (χ3n) is 2.63. The molecular weight excluding hydrogens is 120 g/mol. The maximum atomic E-state index is 2.38. The molecule has 56 valence electrons. The van der Waals surface area contributed by atoms with E-state index in [1.54, 1.807) is 5.57 Å². The van der Waals surface area contributed by atoms with Crippen molar-refractivity contribution >= 4 is 0 Å². The van der Waals surface area contributed by atoms with Crippen LogP contribution in [0.1, 0.15) is 34.1 Å². The van der Waals surface area contributed by atoms with Gasteiger partial charge in [-0.05, 0) is 38.7 Å². The van der Waals surface area contributed by atoms with Gasteiger partial charge in [0.25, 0.3) is 0 Å². The molecule has 0 aromatic rings. The molecule has 0 heteroatoms. The number of hydrogen-bond acceptors (Lipinski definition) is 0. The Morgan fingerprint density at radius 3 is 2.10 bits per heavy atom. The summed E-state index contributed by atoms with van der Waals surface area (Å²) in [7, 11) is 0. The molecule has 0 amide bonds. The van der Waals surface area contributed by atoms with Gasteiger partial charge >= 0.3 is 0 Å². The molecule has 0 fully saturated rings. The summed E-state index contributed by atoms with van der Waals surface area (Å²) >= 11 is 0. The van der Waals surface area contributed by atoms with Crippen molar-refractivity contribution in [2.24, 2.45) is 5.92 Å². The molecule has 0 spiro atoms. The summed E-state index contributed by atoms with van der Waals surface area (Å²) in [5.74, 6) is 0.736. The minimum atomic E-state index is 0.736. The fourth-order valence-corrected chi connectivity index (χ4v) is 1.56. The molecule has 1 aliphatic carbocycles. The normalized spacial score (nSPS) is 25.6. The first-order valence-corrected chi connectivity index (χ1v) is 4.03. The van der Waals surface area contributed by atoms with Crippen molar-refractivity contribution in [3.63, 3.8) is 0 Å². The summed E-state index contributed by atoms with van der Waals surface area (Å²) in [6.45, 7) is 8.92. The topological polar surface area (TPSA) is 0 Å². The van der Waals surface area contributed by atoms with E-state index in [1.165, 1.54) is 17.6 Å². The van der Waals surface area contributed by atoms with Gasteiger partial charge in [-0.3, -0.25) is 0 Å². The second-order valence-corrected chi connectivity index (χ2v) is 3.17. The average molecular weight is 136 g/mol. The molecule has 0 aliphatic heterocycles. The quantitative estimate of drug-likeness (QED) is 0.518. The Bertz CT molecular complexity index is 194. The lowest BCUT2D eigenvalue weighted by atomic mass is 10.0. The average Bonchev–Trinajstić information content (AvgIpc) is 2.17. The van der Waals surface area contributed by atoms with E-state index in [9.17, 15) is 0 Å². The SMILES string of the molecule is CCC1C=C(C)C(C)=C1C. The van der Waals surface area contributed by atoms with E-state index < -0.39 is 0 Å². The Hall–Kier alpha value is -0.520. The Morgan fingerprint density at radius 2 is 1.90 bits per heavy atom. The van der Waals surface area contributed by atoms with Crippen LogP contribution in [-0.4, -0.2) is 0 Å². The predicted molar refractivity (Wildman–Crippen MR) is 45.9 cm³/mol. The zero-order valence-corrected chi connectivity index (χ0v) is 7.36. The van der Waals surface area contributed by atoms with Crippen molar-refractivity contribution in [1.82, 2.24) is 0 Å². The van der Waals surface area contributed by atoms with Crippen molar-refractivity contribution in [2.75, 3.05) is 0 Å². The lowest BCUT2D eigenvalue weighted by Crippen LogP contribution is -1.91. The standard InChI is InChI=1S/C10H16/c1-5-10-6-7(2)8(3)9(10)4/h6,10H,5H2,1-4H3. The molecular formula is C10H16. The van der Waals surface area contributed by atoms with Gasteiger partial charge in [0.15, 0.2) is 0 Å². The molecule has 0 saturated carbocycles. The predicted octanol–water partition coefficient (Wildman–Crippen LogP) is 3.31. The van der Waals surface area contributed by atoms with Crippen LogP contribution >= 0.6 is 0 Å². The van der Waals surface area contributed by atoms with E-state index in [-0.39, 0.29) is 0 Å². The van der Waals surface area contributed by atoms with E-state index in [2.05, 4.69) is 33.8 Å². The van der Waals surface area contributed by atoms with Crippen LogP contribution in [0.2, 0.25) is 0 Å². The zero-order chi connectivity index (χ0) is 7.72. The Kier molecular flexibility index (Phi) is 1.98. The number of allylic oxidation sites excluding steroid dienone is 4. The summed E-state index contributed by atoms with van der Waals surface area (Å²) < 4.78 is 0. The summed E-state index contributed by atoms with van der Waals surface area (Å²) in [6, 6.07) is 0. The molecule has 0 heterocycles. The molecule has 0 bridgehead atoms. The Labute approximate surface area is 63.6 Å². The Balaban J connectivity index is 2.88. The first-order valence-electron chi connectivity index (χ1n) is 4.03. The summed E-state index contributed by atoms with van der Waals surface area (Å²) in [5, 5.41) is 0. The van der Waals surface area contributed by atoms with Gasteiger partial charge in [0.2, 0.25) is 0 Å². The van der Waals surface area contributed by atoms with E-state index in [0.29, 0.717) is 0 Å². The molecule has 0 aromatic heterocycles. The van der Waals surface area contributed by atoms with Crippen molar-refractivity contribution < 1.29 is 0 Å². The third kappa shape index (κ3) is 1.03. The first kappa shape index (κ1) is 7.59. The van der Waals surface area contributed by atoms with Crippen LogP contribution in [0, 0.1) is 5.92 Å². The van der Waals surface area contributed by atoms with Crippen molar-refractivity contribution in [3.8, 4) is 0 Å². The van der Waals surface area contributed by atoms with Crippen LogP contribution in [0.5, 0.6) is 0 Å². The zero-order valence-electron chi connectivity index (χ0n) is 7.36. The van der Waals surface area contributed by atoms with Gasteiger partial charge in [-0.15, -0.1) is 0 Å². The smallest absolute Gasteiger partial charge is 0.00170 e. The molecule has 0 saturated heterocycles. The molecule has 0 N–H and O–H groups in total. The highest BCUT2D eigenvalue weighted by Gasteiger charge is 2.15. The van der Waals surface area contributed by atoms with Crippen molar-refractivity contribution in [3.05, 3.63) is 22.8 Å². The van der Waals surface area contributed by atoms with Crippen LogP contribution in [0.3, 0.4) is 0 Å². The number of rotatable bonds is 1. The highest BCUT2D eigenvalue weighted by atomic mass is 14.2. The van der Waals surface area contributed by atoms with Gasteiger partial charge in [-0.25, -0.2) is 0 Å². The van der Waals surface area contributed by atoms with Gasteiger partial charge in [0, 0.05) is 0 Å². The fourth-order valence-electron chi connectivity index (χ4n) is 1.56. The summed E-state index contributed by atoms with van der Waals surface area (Å²) in [4.78, 5) is 0. The van der Waals surface area contributed by atoms with E-state index in [1.807, 2.05) is 0 Å². The van der Waals surface area contributed by atoms with Crippen LogP contribution < -0.4 is 0 Å². The fraction of sp³-hybridized carbons (Fsp3) is 0.600. The van der Waals surface area contributed by atoms with Gasteiger partial charge in [0.1, 0.15) is 0 Å². The second-order valence-electron chi connectivity index (χ2n) is 3.17. The van der Waals surface area contributed by atoms with Crippen molar-refractivity contribution in [2.45, 2.75) is 34.1 Å². The van der Waals surface area contributed by atoms with Crippen LogP contribution in [0.25, 0.3) is 0 Å². The summed E-state index contributed by atoms with van der Waals surface area (Å²) in [6.07, 6.45) is 3.63. The van der Waals surface area contributed by atoms with Gasteiger partial charge in [0.05, 0.1) is 0 Å². The Morgan fingerprint density at radius 1 is 1.30 bits per heavy atom. The maximum Gasteiger partial charge on any atom is -0.00170 e. The van der Waals surface area contributed by atoms with Crippen LogP contribution in [0.4, 0.5) is 0 Å². The van der Waals surface area contributed by atoms with Crippen molar-refractivity contribution in [1.29, 1.82) is 0 Å². The molecule has 1 rings (SSSR count). The van der Waals surface area contributed by atoms with Gasteiger partial charge in [-0.2, -0.15) is 0 Å². The number of hydrogen-bond donors (Lipinski definition) is 0. The highest BCUT2D eigenvalue weighted by Crippen LogP contribution is 2.31. The van der Waals surface area contributed by atoms with E-state index in [4.69, 9.17) is 0 Å². The molecule has 1 atom stereocenters. The van der Waals surface area contributed by atoms with Crippen LogP contribution in [0.15, 0.2) is 22.8 Å². The lowest BCUT2D eigenvalue weighted by molar-refractivity contribution is 0.735. The minimum Gasteiger partial charge on any atom is -0.0741 e. The largest absolute Gasteiger partial charge is 0.0741 e. The van der Waals surface area contributed by atoms with Gasteiger partial charge in [-0.1, -0.05) is 24.1 Å². The molecule has 1 aliphatic rings.